The molecule has 3 aromatic rings. The smallest absolute Gasteiger partial charge is 0.449 e. The van der Waals surface area contributed by atoms with E-state index in [0.29, 0.717) is 11.6 Å². The topological polar surface area (TPSA) is 139 Å². The van der Waals surface area contributed by atoms with E-state index in [1.54, 1.807) is 11.0 Å². The molecule has 292 valence electrons. The Morgan fingerprint density at radius 1 is 1.07 bits per heavy atom. The molecule has 1 spiro atoms. The molecule has 3 N–H and O–H groups in total. The third-order valence-corrected chi connectivity index (χ3v) is 9.35. The van der Waals surface area contributed by atoms with Crippen LogP contribution in [0, 0.1) is 0 Å². The van der Waals surface area contributed by atoms with Crippen LogP contribution < -0.4 is 16.6 Å². The molecule has 0 bridgehead atoms. The lowest BCUT2D eigenvalue weighted by molar-refractivity contribution is -0.153. The number of fused-ring (bicyclic) bond motifs is 2. The van der Waals surface area contributed by atoms with Crippen molar-refractivity contribution in [2.24, 2.45) is 0 Å². The van der Waals surface area contributed by atoms with E-state index in [4.69, 9.17) is 14.3 Å². The van der Waals surface area contributed by atoms with Gasteiger partial charge in [0.15, 0.2) is 0 Å². The fourth-order valence-corrected chi connectivity index (χ4v) is 6.71. The van der Waals surface area contributed by atoms with Gasteiger partial charge in [0.1, 0.15) is 22.9 Å². The molecule has 5 rings (SSSR count). The van der Waals surface area contributed by atoms with Crippen LogP contribution in [0.2, 0.25) is 0 Å². The van der Waals surface area contributed by atoms with Crippen molar-refractivity contribution in [2.45, 2.75) is 75.9 Å². The first kappa shape index (κ1) is 40.2. The maximum Gasteiger partial charge on any atom is 0.449 e. The number of hydrogen-bond acceptors (Lipinski definition) is 8. The fraction of sp³-hybridized carbons (Fsp3) is 0.417. The van der Waals surface area contributed by atoms with E-state index >= 15 is 4.39 Å². The van der Waals surface area contributed by atoms with Gasteiger partial charge in [-0.05, 0) is 61.7 Å². The molecule has 1 unspecified atom stereocenters. The van der Waals surface area contributed by atoms with Crippen LogP contribution in [0.4, 0.5) is 30.7 Å². The molecule has 0 saturated carbocycles. The monoisotopic (exact) mass is 770 g/mol. The summed E-state index contributed by atoms with van der Waals surface area (Å²) in [6.45, 7) is 1.65. The Morgan fingerprint density at radius 3 is 2.41 bits per heavy atom. The lowest BCUT2D eigenvalue weighted by Gasteiger charge is -2.38. The van der Waals surface area contributed by atoms with Gasteiger partial charge < -0.3 is 24.7 Å². The lowest BCUT2D eigenvalue weighted by Crippen LogP contribution is -2.50. The average Bonchev–Trinajstić information content (AvgIpc) is 3.72. The number of phenols is 1. The van der Waals surface area contributed by atoms with Gasteiger partial charge in [0, 0.05) is 19.5 Å². The number of piperidine rings is 1. The van der Waals surface area contributed by atoms with Crippen LogP contribution in [0.15, 0.2) is 86.6 Å². The molecule has 2 aliphatic heterocycles. The highest BCUT2D eigenvalue weighted by atomic mass is 19.4. The van der Waals surface area contributed by atoms with E-state index in [9.17, 15) is 45.8 Å². The number of nitrogens with one attached hydrogen (secondary N) is 1. The van der Waals surface area contributed by atoms with E-state index in [1.807, 2.05) is 0 Å². The van der Waals surface area contributed by atoms with E-state index in [-0.39, 0.29) is 74.6 Å². The van der Waals surface area contributed by atoms with E-state index in [0.717, 1.165) is 27.4 Å². The molecule has 2 aliphatic rings. The summed E-state index contributed by atoms with van der Waals surface area (Å²) in [7, 11) is 0. The van der Waals surface area contributed by atoms with Gasteiger partial charge in [-0.1, -0.05) is 30.9 Å². The zero-order valence-electron chi connectivity index (χ0n) is 28.7. The second kappa shape index (κ2) is 16.2. The number of hydrogen-bond donors (Lipinski definition) is 3. The minimum Gasteiger partial charge on any atom is -0.508 e. The van der Waals surface area contributed by atoms with E-state index in [2.05, 4.69) is 11.9 Å². The number of aromatic hydroxyl groups is 1. The van der Waals surface area contributed by atoms with Crippen LogP contribution in [-0.2, 0) is 47.5 Å². The van der Waals surface area contributed by atoms with Crippen molar-refractivity contribution in [1.29, 1.82) is 0 Å². The predicted octanol–water partition coefficient (Wildman–Crippen LogP) is 6.07. The van der Waals surface area contributed by atoms with E-state index < -0.39 is 78.1 Å². The Morgan fingerprint density at radius 2 is 1.80 bits per heavy atom. The number of benzene rings is 1. The van der Waals surface area contributed by atoms with Crippen molar-refractivity contribution in [2.75, 3.05) is 19.6 Å². The van der Waals surface area contributed by atoms with Crippen molar-refractivity contribution in [3.05, 3.63) is 122 Å². The molecule has 1 aromatic carbocycles. The highest BCUT2D eigenvalue weighted by Crippen LogP contribution is 2.43. The molecule has 11 nitrogen and oxygen atoms in total. The molecule has 0 amide bonds. The van der Waals surface area contributed by atoms with Crippen molar-refractivity contribution in [3.63, 3.8) is 0 Å². The Hall–Kier alpha value is -4.94. The zero-order chi connectivity index (χ0) is 39.4. The molecular formula is C36H37F7N4O7. The van der Waals surface area contributed by atoms with Crippen LogP contribution in [0.3, 0.4) is 0 Å². The number of likely N-dealkylation sites (tertiary alicyclic amines) is 1. The number of carboxylic acid groups (broad SMARTS) is 1. The lowest BCUT2D eigenvalue weighted by atomic mass is 9.85. The quantitative estimate of drug-likeness (QED) is 0.101. The molecule has 0 radical (unpaired) electrons. The highest BCUT2D eigenvalue weighted by molar-refractivity contribution is 5.66. The summed E-state index contributed by atoms with van der Waals surface area (Å²) in [5, 5.41) is 22.3. The van der Waals surface area contributed by atoms with Gasteiger partial charge in [-0.15, -0.1) is 0 Å². The van der Waals surface area contributed by atoms with Crippen molar-refractivity contribution in [3.8, 4) is 5.75 Å². The summed E-state index contributed by atoms with van der Waals surface area (Å²) in [6, 6.07) is 6.90. The van der Waals surface area contributed by atoms with Gasteiger partial charge in [-0.3, -0.25) is 23.6 Å². The largest absolute Gasteiger partial charge is 0.508 e. The van der Waals surface area contributed by atoms with Crippen LogP contribution in [0.25, 0.3) is 0 Å². The molecule has 4 heterocycles. The minimum absolute atomic E-state index is 0.00362. The summed E-state index contributed by atoms with van der Waals surface area (Å²) in [4.78, 5) is 41.4. The second-order valence-corrected chi connectivity index (χ2v) is 12.9. The highest BCUT2D eigenvalue weighted by Gasteiger charge is 2.47. The molecule has 54 heavy (non-hydrogen) atoms. The molecule has 1 saturated heterocycles. The number of phenolic OH excluding ortho intramolecular Hbond substituents is 1. The van der Waals surface area contributed by atoms with Crippen LogP contribution in [0.5, 0.6) is 5.75 Å². The molecular weight excluding hydrogens is 733 g/mol. The number of furan rings is 1. The first-order valence-corrected chi connectivity index (χ1v) is 16.8. The second-order valence-electron chi connectivity index (χ2n) is 12.9. The van der Waals surface area contributed by atoms with E-state index in [1.165, 1.54) is 24.3 Å². The van der Waals surface area contributed by atoms with Crippen LogP contribution in [-0.4, -0.2) is 56.0 Å². The van der Waals surface area contributed by atoms with Crippen molar-refractivity contribution in [1.82, 2.24) is 19.4 Å². The Kier molecular flexibility index (Phi) is 12.1. The maximum absolute atomic E-state index is 15.7. The zero-order valence-corrected chi connectivity index (χ0v) is 28.7. The summed E-state index contributed by atoms with van der Waals surface area (Å²) < 4.78 is 109. The third-order valence-electron chi connectivity index (χ3n) is 9.35. The Labute approximate surface area is 303 Å². The number of aromatic nitrogens is 2. The number of ether oxygens (including phenoxy) is 1. The molecule has 1 atom stereocenters. The van der Waals surface area contributed by atoms with Crippen molar-refractivity contribution >= 4 is 5.97 Å². The molecule has 0 aliphatic carbocycles. The number of carbonyl (C=O) groups is 1. The van der Waals surface area contributed by atoms with Crippen LogP contribution >= 0.6 is 0 Å². The first-order valence-electron chi connectivity index (χ1n) is 16.8. The van der Waals surface area contributed by atoms with Gasteiger partial charge in [0.25, 0.3) is 5.56 Å². The number of carboxylic acids is 1. The standard InChI is InChI=1S/C36H37F7N4O7/c1-2-3-8-25(35(38,39)40)26(37)19-46-28-21-53-34(12-15-45(16-13-34)18-24-10-11-29(54-24)36(41,42)43)31(28)32(51)47(33(46)52)20-27(44-14-5-9-30(49)50)22-6-4-7-23(48)17-22/h2-4,6-8,10-11,17,27,44,48H,1,5,9,12-16,18-21H2,(H,49,50)/b8-3-,26-25+. The number of alkyl halides is 6. The predicted molar refractivity (Wildman–Crippen MR) is 179 cm³/mol. The molecule has 1 fully saturated rings. The van der Waals surface area contributed by atoms with Gasteiger partial charge in [-0.25, -0.2) is 9.18 Å². The van der Waals surface area contributed by atoms with Gasteiger partial charge in [0.05, 0.1) is 49.1 Å². The maximum atomic E-state index is 15.7. The molecule has 2 aromatic heterocycles. The van der Waals surface area contributed by atoms with Crippen molar-refractivity contribution < 1.29 is 54.9 Å². The average molecular weight is 771 g/mol. The number of halogens is 7. The third kappa shape index (κ3) is 9.05. The van der Waals surface area contributed by atoms with Crippen LogP contribution in [0.1, 0.15) is 60.1 Å². The summed E-state index contributed by atoms with van der Waals surface area (Å²) in [5.74, 6) is -4.06. The summed E-state index contributed by atoms with van der Waals surface area (Å²) >= 11 is 0. The summed E-state index contributed by atoms with van der Waals surface area (Å²) in [6.07, 6.45) is -7.38. The number of aliphatic carboxylic acids is 1. The minimum atomic E-state index is -5.16. The fourth-order valence-electron chi connectivity index (χ4n) is 6.71. The molecule has 18 heteroatoms. The normalized spacial score (nSPS) is 17.2. The Balaban J connectivity index is 1.57. The number of allylic oxidation sites excluding steroid dienone is 5. The number of rotatable bonds is 14. The Bertz CT molecular complexity index is 2040. The van der Waals surface area contributed by atoms with Gasteiger partial charge >= 0.3 is 24.0 Å². The first-order chi connectivity index (χ1) is 25.4. The number of nitrogens with zero attached hydrogens (tertiary/aromatic N) is 3. The van der Waals surface area contributed by atoms with Gasteiger partial charge in [0.2, 0.25) is 5.76 Å². The summed E-state index contributed by atoms with van der Waals surface area (Å²) in [5.41, 5.74) is -4.85. The SMILES string of the molecule is C=C/C=C\C(=C(/F)Cn1c2c(c(=O)n(CC(NCCCC(=O)O)c3cccc(O)c3)c1=O)C1(CCN(Cc3ccc(C(F)(F)F)o3)CC1)OC2)C(F)(F)F. The van der Waals surface area contributed by atoms with Gasteiger partial charge in [-0.2, -0.15) is 26.3 Å².